The molecule has 2 aliphatic rings. The van der Waals surface area contributed by atoms with Crippen LogP contribution in [0.1, 0.15) is 64.2 Å². The molecule has 170 valence electrons. The Morgan fingerprint density at radius 3 is 2.35 bits per heavy atom. The molecule has 5 atom stereocenters. The van der Waals surface area contributed by atoms with Gasteiger partial charge in [0.05, 0.1) is 18.3 Å². The van der Waals surface area contributed by atoms with Crippen LogP contribution < -0.4 is 4.74 Å². The van der Waals surface area contributed by atoms with Crippen molar-refractivity contribution in [2.24, 2.45) is 17.3 Å². The Morgan fingerprint density at radius 1 is 1.16 bits per heavy atom. The lowest BCUT2D eigenvalue weighted by molar-refractivity contribution is -0.153. The molecule has 0 spiro atoms. The summed E-state index contributed by atoms with van der Waals surface area (Å²) in [6.07, 6.45) is 2.64. The van der Waals surface area contributed by atoms with Crippen LogP contribution in [0.25, 0.3) is 0 Å². The Labute approximate surface area is 184 Å². The molecule has 1 aromatic carbocycles. The van der Waals surface area contributed by atoms with Crippen molar-refractivity contribution in [3.63, 3.8) is 0 Å². The number of ether oxygens (including phenoxy) is 3. The molecule has 1 aromatic rings. The highest BCUT2D eigenvalue weighted by Crippen LogP contribution is 2.59. The fourth-order valence-corrected chi connectivity index (χ4v) is 5.36. The first-order chi connectivity index (χ1) is 14.5. The van der Waals surface area contributed by atoms with E-state index in [2.05, 4.69) is 6.08 Å². The van der Waals surface area contributed by atoms with Gasteiger partial charge in [-0.3, -0.25) is 4.79 Å². The average molecular weight is 431 g/mol. The van der Waals surface area contributed by atoms with Gasteiger partial charge in [0.1, 0.15) is 18.0 Å². The molecule has 0 saturated heterocycles. The number of carbonyl (C=O) groups excluding carboxylic acids is 2. The molecule has 31 heavy (non-hydrogen) atoms. The van der Waals surface area contributed by atoms with Crippen molar-refractivity contribution in [3.05, 3.63) is 41.5 Å². The highest BCUT2D eigenvalue weighted by atomic mass is 16.6. The molecule has 0 heterocycles. The minimum atomic E-state index is -1.13. The smallest absolute Gasteiger partial charge is 0.338 e. The molecule has 0 unspecified atom stereocenters. The number of rotatable bonds is 5. The number of allylic oxidation sites excluding steroid dienone is 1. The summed E-state index contributed by atoms with van der Waals surface area (Å²) in [5.74, 6) is -0.619. The maximum absolute atomic E-state index is 13.0. The molecular formula is C25H34O6. The topological polar surface area (TPSA) is 82.1 Å². The second-order valence-corrected chi connectivity index (χ2v) is 9.56. The molecule has 2 aliphatic carbocycles. The van der Waals surface area contributed by atoms with Gasteiger partial charge in [-0.2, -0.15) is 0 Å². The molecule has 1 N–H and O–H groups in total. The van der Waals surface area contributed by atoms with Gasteiger partial charge in [0.15, 0.2) is 0 Å². The summed E-state index contributed by atoms with van der Waals surface area (Å²) in [6.45, 7) is 9.36. The van der Waals surface area contributed by atoms with Gasteiger partial charge >= 0.3 is 11.9 Å². The number of methoxy groups -OCH3 is 1. The van der Waals surface area contributed by atoms with Crippen LogP contribution in [0.5, 0.6) is 5.75 Å². The Morgan fingerprint density at radius 2 is 1.81 bits per heavy atom. The zero-order valence-corrected chi connectivity index (χ0v) is 19.3. The summed E-state index contributed by atoms with van der Waals surface area (Å²) >= 11 is 0. The zero-order chi connectivity index (χ0) is 23.0. The van der Waals surface area contributed by atoms with Gasteiger partial charge < -0.3 is 19.3 Å². The zero-order valence-electron chi connectivity index (χ0n) is 19.3. The van der Waals surface area contributed by atoms with E-state index in [1.54, 1.807) is 31.4 Å². The number of hydrogen-bond acceptors (Lipinski definition) is 6. The molecule has 0 aromatic heterocycles. The lowest BCUT2D eigenvalue weighted by Crippen LogP contribution is -2.50. The Kier molecular flexibility index (Phi) is 6.51. The normalized spacial score (nSPS) is 32.6. The third-order valence-corrected chi connectivity index (χ3v) is 7.17. The minimum Gasteiger partial charge on any atom is -0.497 e. The quantitative estimate of drug-likeness (QED) is 0.554. The number of carbonyl (C=O) groups is 2. The maximum Gasteiger partial charge on any atom is 0.338 e. The summed E-state index contributed by atoms with van der Waals surface area (Å²) < 4.78 is 16.9. The number of hydrogen-bond donors (Lipinski definition) is 1. The SMILES string of the molecule is COc1ccc(C(=O)O[C@H]2CC(C)=CC[C@]3(C)[C@@H]2[C@](O)(C(C)C)C[C@H]3OC(C)=O)cc1. The van der Waals surface area contributed by atoms with Gasteiger partial charge in [-0.25, -0.2) is 4.79 Å². The summed E-state index contributed by atoms with van der Waals surface area (Å²) in [4.78, 5) is 24.8. The van der Waals surface area contributed by atoms with E-state index in [1.807, 2.05) is 27.7 Å². The first-order valence-corrected chi connectivity index (χ1v) is 10.9. The standard InChI is InChI=1S/C25H34O6/c1-15(2)25(28)14-21(30-17(4)26)24(5)12-11-16(3)13-20(22(24)25)31-23(27)18-7-9-19(29-6)10-8-18/h7-11,15,20-22,28H,12-14H2,1-6H3/t20-,21+,22+,24-,25+/m0/s1. The number of esters is 2. The third-order valence-electron chi connectivity index (χ3n) is 7.17. The van der Waals surface area contributed by atoms with E-state index in [0.717, 1.165) is 5.57 Å². The van der Waals surface area contributed by atoms with Gasteiger partial charge in [0, 0.05) is 31.1 Å². The van der Waals surface area contributed by atoms with Crippen molar-refractivity contribution in [3.8, 4) is 5.75 Å². The Hall–Kier alpha value is -2.34. The number of aliphatic hydroxyl groups is 1. The van der Waals surface area contributed by atoms with Crippen molar-refractivity contribution in [2.75, 3.05) is 7.11 Å². The summed E-state index contributed by atoms with van der Waals surface area (Å²) in [5.41, 5.74) is -0.155. The monoisotopic (exact) mass is 430 g/mol. The second-order valence-electron chi connectivity index (χ2n) is 9.56. The van der Waals surface area contributed by atoms with E-state index in [4.69, 9.17) is 14.2 Å². The minimum absolute atomic E-state index is 0.0991. The van der Waals surface area contributed by atoms with Gasteiger partial charge in [-0.05, 0) is 43.5 Å². The number of fused-ring (bicyclic) bond motifs is 1. The van der Waals surface area contributed by atoms with E-state index in [-0.39, 0.29) is 17.8 Å². The van der Waals surface area contributed by atoms with Crippen LogP contribution in [-0.2, 0) is 14.3 Å². The lowest BCUT2D eigenvalue weighted by Gasteiger charge is -2.43. The molecule has 0 amide bonds. The predicted molar refractivity (Wildman–Crippen MR) is 117 cm³/mol. The first-order valence-electron chi connectivity index (χ1n) is 10.9. The summed E-state index contributed by atoms with van der Waals surface area (Å²) in [7, 11) is 1.57. The molecular weight excluding hydrogens is 396 g/mol. The van der Waals surface area contributed by atoms with Gasteiger partial charge in [-0.1, -0.05) is 32.4 Å². The number of benzene rings is 1. The molecule has 6 heteroatoms. The second kappa shape index (κ2) is 8.65. The maximum atomic E-state index is 13.0. The van der Waals surface area contributed by atoms with Crippen LogP contribution >= 0.6 is 0 Å². The van der Waals surface area contributed by atoms with E-state index < -0.39 is 29.2 Å². The lowest BCUT2D eigenvalue weighted by atomic mass is 9.67. The predicted octanol–water partition coefficient (Wildman–Crippen LogP) is 4.31. The highest BCUT2D eigenvalue weighted by Gasteiger charge is 2.65. The van der Waals surface area contributed by atoms with E-state index in [0.29, 0.717) is 30.6 Å². The van der Waals surface area contributed by atoms with Crippen LogP contribution in [-0.4, -0.2) is 42.0 Å². The van der Waals surface area contributed by atoms with Crippen molar-refractivity contribution in [2.45, 2.75) is 71.7 Å². The molecule has 6 nitrogen and oxygen atoms in total. The van der Waals surface area contributed by atoms with Crippen molar-refractivity contribution in [1.82, 2.24) is 0 Å². The van der Waals surface area contributed by atoms with Crippen LogP contribution in [0.15, 0.2) is 35.9 Å². The Balaban J connectivity index is 1.98. The van der Waals surface area contributed by atoms with Crippen molar-refractivity contribution >= 4 is 11.9 Å². The molecule has 0 radical (unpaired) electrons. The molecule has 3 rings (SSSR count). The Bertz CT molecular complexity index is 857. The van der Waals surface area contributed by atoms with Crippen molar-refractivity contribution in [1.29, 1.82) is 0 Å². The van der Waals surface area contributed by atoms with Crippen LogP contribution in [0.4, 0.5) is 0 Å². The molecule has 1 saturated carbocycles. The van der Waals surface area contributed by atoms with Crippen LogP contribution in [0.3, 0.4) is 0 Å². The summed E-state index contributed by atoms with van der Waals surface area (Å²) in [5, 5.41) is 11.8. The van der Waals surface area contributed by atoms with E-state index >= 15 is 0 Å². The van der Waals surface area contributed by atoms with E-state index in [1.165, 1.54) is 6.92 Å². The fourth-order valence-electron chi connectivity index (χ4n) is 5.36. The third kappa shape index (κ3) is 4.36. The van der Waals surface area contributed by atoms with Crippen molar-refractivity contribution < 1.29 is 28.9 Å². The fraction of sp³-hybridized carbons (Fsp3) is 0.600. The van der Waals surface area contributed by atoms with Crippen LogP contribution in [0, 0.1) is 17.3 Å². The first kappa shape index (κ1) is 23.3. The molecule has 0 aliphatic heterocycles. The van der Waals surface area contributed by atoms with Gasteiger partial charge in [0.25, 0.3) is 0 Å². The highest BCUT2D eigenvalue weighted by molar-refractivity contribution is 5.89. The van der Waals surface area contributed by atoms with Crippen LogP contribution in [0.2, 0.25) is 0 Å². The summed E-state index contributed by atoms with van der Waals surface area (Å²) in [6, 6.07) is 6.78. The van der Waals surface area contributed by atoms with E-state index in [9.17, 15) is 14.7 Å². The molecule has 1 fully saturated rings. The molecule has 0 bridgehead atoms. The largest absolute Gasteiger partial charge is 0.497 e. The van der Waals surface area contributed by atoms with Gasteiger partial charge in [-0.15, -0.1) is 0 Å². The van der Waals surface area contributed by atoms with Gasteiger partial charge in [0.2, 0.25) is 0 Å². The average Bonchev–Trinajstić information content (AvgIpc) is 2.83.